The molecule has 11 rings (SSSR count). The van der Waals surface area contributed by atoms with Crippen LogP contribution in [0.1, 0.15) is 47.7 Å². The molecule has 0 saturated carbocycles. The molecule has 7 aromatic carbocycles. The minimum Gasteiger partial charge on any atom is -0.312 e. The van der Waals surface area contributed by atoms with Crippen LogP contribution in [0.4, 0.5) is 11.4 Å². The summed E-state index contributed by atoms with van der Waals surface area (Å²) in [6, 6.07) is 60.5. The highest BCUT2D eigenvalue weighted by molar-refractivity contribution is 6.14. The van der Waals surface area contributed by atoms with E-state index in [-0.39, 0.29) is 5.92 Å². The van der Waals surface area contributed by atoms with Gasteiger partial charge in [0.2, 0.25) is 0 Å². The van der Waals surface area contributed by atoms with Crippen LogP contribution in [0.15, 0.2) is 200 Å². The Morgan fingerprint density at radius 2 is 1.00 bits per heavy atom. The van der Waals surface area contributed by atoms with Crippen molar-refractivity contribution in [3.8, 4) is 33.9 Å². The molecule has 0 spiro atoms. The molecule has 0 N–H and O–H groups in total. The second-order valence-electron chi connectivity index (χ2n) is 16.4. The van der Waals surface area contributed by atoms with Gasteiger partial charge in [0.15, 0.2) is 28.8 Å². The molecule has 0 saturated heterocycles. The van der Waals surface area contributed by atoms with E-state index in [0.717, 1.165) is 84.9 Å². The average Bonchev–Trinajstić information content (AvgIpc) is 3.71. The molecule has 2 aliphatic rings. The smallest absolute Gasteiger partial charge is 0.188 e. The molecular formula is C59H40N6. The van der Waals surface area contributed by atoms with E-state index in [1.165, 1.54) is 11.1 Å². The summed E-state index contributed by atoms with van der Waals surface area (Å²) < 4.78 is 2.38. The van der Waals surface area contributed by atoms with Gasteiger partial charge >= 0.3 is 0 Å². The second kappa shape index (κ2) is 16.9. The Morgan fingerprint density at radius 3 is 1.54 bits per heavy atom. The molecule has 2 aromatic heterocycles. The third-order valence-corrected chi connectivity index (χ3v) is 12.5. The van der Waals surface area contributed by atoms with Crippen molar-refractivity contribution in [3.05, 3.63) is 246 Å². The van der Waals surface area contributed by atoms with Gasteiger partial charge in [0.1, 0.15) is 0 Å². The second-order valence-corrected chi connectivity index (χ2v) is 16.4. The molecule has 65 heavy (non-hydrogen) atoms. The highest BCUT2D eigenvalue weighted by atomic mass is 15.0. The molecule has 6 heteroatoms. The van der Waals surface area contributed by atoms with Crippen LogP contribution in [0.5, 0.6) is 0 Å². The van der Waals surface area contributed by atoms with E-state index in [9.17, 15) is 0 Å². The van der Waals surface area contributed by atoms with Gasteiger partial charge in [-0.25, -0.2) is 24.6 Å². The summed E-state index contributed by atoms with van der Waals surface area (Å²) in [6.07, 6.45) is 11.7. The lowest BCUT2D eigenvalue weighted by Gasteiger charge is -2.31. The van der Waals surface area contributed by atoms with Gasteiger partial charge < -0.3 is 4.57 Å². The Kier molecular flexibility index (Phi) is 10.2. The van der Waals surface area contributed by atoms with Crippen molar-refractivity contribution in [2.24, 2.45) is 0 Å². The molecule has 0 fully saturated rings. The molecule has 0 bridgehead atoms. The first kappa shape index (κ1) is 39.2. The number of allylic oxidation sites excluding steroid dienone is 8. The van der Waals surface area contributed by atoms with Gasteiger partial charge in [-0.05, 0) is 99.3 Å². The molecule has 0 aliphatic heterocycles. The zero-order valence-electron chi connectivity index (χ0n) is 35.4. The molecule has 0 radical (unpaired) electrons. The van der Waals surface area contributed by atoms with Crippen molar-refractivity contribution in [2.75, 3.05) is 0 Å². The van der Waals surface area contributed by atoms with Crippen LogP contribution in [0.3, 0.4) is 0 Å². The van der Waals surface area contributed by atoms with Gasteiger partial charge in [-0.3, -0.25) is 0 Å². The molecule has 1 unspecified atom stereocenters. The predicted octanol–water partition coefficient (Wildman–Crippen LogP) is 15.5. The lowest BCUT2D eigenvalue weighted by Crippen LogP contribution is -2.16. The number of aromatic nitrogens is 4. The molecular weight excluding hydrogens is 793 g/mol. The normalized spacial score (nSPS) is 14.8. The lowest BCUT2D eigenvalue weighted by atomic mass is 9.79. The van der Waals surface area contributed by atoms with Gasteiger partial charge in [0.25, 0.3) is 0 Å². The molecule has 1 atom stereocenters. The van der Waals surface area contributed by atoms with Gasteiger partial charge in [0, 0.05) is 28.3 Å². The van der Waals surface area contributed by atoms with Crippen molar-refractivity contribution >= 4 is 55.6 Å². The maximum atomic E-state index is 7.94. The monoisotopic (exact) mass is 832 g/mol. The van der Waals surface area contributed by atoms with Gasteiger partial charge in [-0.1, -0.05) is 170 Å². The van der Waals surface area contributed by atoms with Crippen LogP contribution in [0.25, 0.3) is 87.8 Å². The van der Waals surface area contributed by atoms with E-state index < -0.39 is 0 Å². The fraction of sp³-hybridized carbons (Fsp3) is 0.0678. The molecule has 2 heterocycles. The SMILES string of the molecule is [C-]#[N+]c1ccc2c(c1)c1cc([N+]#[C-])ccc1n2C1=C(c2ccc(C3=CCCC=C3)cc2)C=C(c2nc(-c3ccccc3)nc(-c3ccccc3)n2)CC1c1ccc(-c2ccccc2)cc1. The molecule has 2 aliphatic carbocycles. The zero-order valence-corrected chi connectivity index (χ0v) is 35.4. The summed E-state index contributed by atoms with van der Waals surface area (Å²) in [7, 11) is 0. The maximum absolute atomic E-state index is 7.94. The quantitative estimate of drug-likeness (QED) is 0.143. The van der Waals surface area contributed by atoms with Crippen molar-refractivity contribution in [1.29, 1.82) is 0 Å². The summed E-state index contributed by atoms with van der Waals surface area (Å²) >= 11 is 0. The van der Waals surface area contributed by atoms with Gasteiger partial charge in [0.05, 0.1) is 24.2 Å². The third kappa shape index (κ3) is 7.44. The van der Waals surface area contributed by atoms with Crippen LogP contribution >= 0.6 is 0 Å². The van der Waals surface area contributed by atoms with Gasteiger partial charge in [-0.15, -0.1) is 0 Å². The molecule has 306 valence electrons. The van der Waals surface area contributed by atoms with E-state index in [2.05, 4.69) is 123 Å². The Morgan fingerprint density at radius 1 is 0.492 bits per heavy atom. The van der Waals surface area contributed by atoms with Crippen LogP contribution in [0, 0.1) is 13.1 Å². The first-order valence-corrected chi connectivity index (χ1v) is 21.9. The van der Waals surface area contributed by atoms with Crippen molar-refractivity contribution in [1.82, 2.24) is 19.5 Å². The minimum absolute atomic E-state index is 0.185. The van der Waals surface area contributed by atoms with E-state index in [0.29, 0.717) is 35.3 Å². The number of hydrogen-bond acceptors (Lipinski definition) is 3. The molecule has 0 amide bonds. The number of fused-ring (bicyclic) bond motifs is 3. The van der Waals surface area contributed by atoms with Crippen LogP contribution < -0.4 is 0 Å². The number of hydrogen-bond donors (Lipinski definition) is 0. The average molecular weight is 833 g/mol. The first-order valence-electron chi connectivity index (χ1n) is 21.9. The summed E-state index contributed by atoms with van der Waals surface area (Å²) in [4.78, 5) is 23.3. The standard InChI is InChI=1S/C59H40N6/c1-60-48-31-33-54-52(37-48)53-38-49(61-2)32-34-55(53)65(54)56-50(43-27-23-41(24-28-43)39-15-7-3-8-16-39)35-47(36-51(56)44-29-25-42(26-30-44)40-17-9-4-10-18-40)59-63-57(45-19-11-5-12-20-45)62-58(64-59)46-21-13-6-14-22-46/h3,5-9,11-34,36-38,50H,4,10,35H2. The van der Waals surface area contributed by atoms with Crippen molar-refractivity contribution in [2.45, 2.75) is 25.2 Å². The summed E-state index contributed by atoms with van der Waals surface area (Å²) in [6.45, 7) is 15.9. The third-order valence-electron chi connectivity index (χ3n) is 12.5. The Labute approximate surface area is 378 Å². The van der Waals surface area contributed by atoms with Gasteiger partial charge in [-0.2, -0.15) is 0 Å². The fourth-order valence-corrected chi connectivity index (χ4v) is 9.31. The van der Waals surface area contributed by atoms with Crippen LogP contribution in [-0.4, -0.2) is 19.5 Å². The Hall–Kier alpha value is -8.71. The topological polar surface area (TPSA) is 52.3 Å². The summed E-state index contributed by atoms with van der Waals surface area (Å²) in [5, 5.41) is 1.87. The summed E-state index contributed by atoms with van der Waals surface area (Å²) in [5.74, 6) is 1.67. The Balaban J connectivity index is 1.21. The number of benzene rings is 7. The van der Waals surface area contributed by atoms with Crippen molar-refractivity contribution in [3.63, 3.8) is 0 Å². The molecule has 6 nitrogen and oxygen atoms in total. The number of nitrogens with zero attached hydrogens (tertiary/aromatic N) is 6. The summed E-state index contributed by atoms with van der Waals surface area (Å²) in [5.41, 5.74) is 14.9. The van der Waals surface area contributed by atoms with Crippen molar-refractivity contribution < 1.29 is 0 Å². The number of rotatable bonds is 8. The Bertz CT molecular complexity index is 3360. The van der Waals surface area contributed by atoms with E-state index in [1.54, 1.807) is 0 Å². The van der Waals surface area contributed by atoms with E-state index in [1.807, 2.05) is 91.0 Å². The maximum Gasteiger partial charge on any atom is 0.188 e. The highest BCUT2D eigenvalue weighted by Gasteiger charge is 2.32. The predicted molar refractivity (Wildman–Crippen MR) is 266 cm³/mol. The fourth-order valence-electron chi connectivity index (χ4n) is 9.31. The zero-order chi connectivity index (χ0) is 43.7. The minimum atomic E-state index is -0.185. The molecule has 9 aromatic rings. The largest absolute Gasteiger partial charge is 0.312 e. The lowest BCUT2D eigenvalue weighted by molar-refractivity contribution is 0.835. The van der Waals surface area contributed by atoms with Crippen LogP contribution in [0.2, 0.25) is 0 Å². The van der Waals surface area contributed by atoms with E-state index in [4.69, 9.17) is 28.1 Å². The van der Waals surface area contributed by atoms with Crippen LogP contribution in [-0.2, 0) is 0 Å². The highest BCUT2D eigenvalue weighted by Crippen LogP contribution is 2.50. The first-order chi connectivity index (χ1) is 32.1. The van der Waals surface area contributed by atoms with E-state index >= 15 is 0 Å².